The first-order chi connectivity index (χ1) is 11.6. The van der Waals surface area contributed by atoms with Crippen LogP contribution in [0.2, 0.25) is 0 Å². The minimum Gasteiger partial charge on any atom is -0.341 e. The van der Waals surface area contributed by atoms with E-state index in [1.807, 2.05) is 30.3 Å². The van der Waals surface area contributed by atoms with Gasteiger partial charge in [-0.15, -0.1) is 0 Å². The predicted molar refractivity (Wildman–Crippen MR) is 89.2 cm³/mol. The molecule has 1 N–H and O–H groups in total. The zero-order chi connectivity index (χ0) is 16.9. The number of benzene rings is 1. The third-order valence-corrected chi connectivity index (χ3v) is 4.67. The van der Waals surface area contributed by atoms with Crippen molar-refractivity contribution < 1.29 is 14.4 Å². The lowest BCUT2D eigenvalue weighted by molar-refractivity contribution is -0.138. The van der Waals surface area contributed by atoms with E-state index in [1.165, 1.54) is 0 Å². The average molecular weight is 329 g/mol. The standard InChI is InChI=1S/C18H23N3O3/c22-16(20-11-5-2-6-12-20)13-21-17(23)15(19-18(21)24)10-9-14-7-3-1-4-8-14/h1,3-4,7-8,15H,2,5-6,9-13H2,(H,19,24). The largest absolute Gasteiger partial charge is 0.341 e. The van der Waals surface area contributed by atoms with E-state index >= 15 is 0 Å². The van der Waals surface area contributed by atoms with Crippen molar-refractivity contribution in [2.45, 2.75) is 38.1 Å². The highest BCUT2D eigenvalue weighted by Gasteiger charge is 2.39. The van der Waals surface area contributed by atoms with E-state index in [4.69, 9.17) is 0 Å². The maximum atomic E-state index is 12.4. The van der Waals surface area contributed by atoms with Crippen LogP contribution in [0.4, 0.5) is 4.79 Å². The first-order valence-electron chi connectivity index (χ1n) is 8.59. The molecule has 0 radical (unpaired) electrons. The number of nitrogens with zero attached hydrogens (tertiary/aromatic N) is 2. The van der Waals surface area contributed by atoms with Gasteiger partial charge in [0.1, 0.15) is 12.6 Å². The summed E-state index contributed by atoms with van der Waals surface area (Å²) in [7, 11) is 0. The molecule has 2 aliphatic heterocycles. The molecule has 128 valence electrons. The van der Waals surface area contributed by atoms with Gasteiger partial charge in [0.15, 0.2) is 0 Å². The lowest BCUT2D eigenvalue weighted by atomic mass is 10.1. The monoisotopic (exact) mass is 329 g/mol. The van der Waals surface area contributed by atoms with Crippen LogP contribution >= 0.6 is 0 Å². The number of nitrogens with one attached hydrogen (secondary N) is 1. The van der Waals surface area contributed by atoms with Crippen LogP contribution in [-0.2, 0) is 16.0 Å². The lowest BCUT2D eigenvalue weighted by Gasteiger charge is -2.27. The molecule has 2 aliphatic rings. The smallest absolute Gasteiger partial charge is 0.325 e. The van der Waals surface area contributed by atoms with Crippen LogP contribution < -0.4 is 5.32 Å². The third-order valence-electron chi connectivity index (χ3n) is 4.67. The molecule has 6 heteroatoms. The van der Waals surface area contributed by atoms with Gasteiger partial charge in [-0.1, -0.05) is 30.3 Å². The van der Waals surface area contributed by atoms with Gasteiger partial charge >= 0.3 is 6.03 Å². The maximum Gasteiger partial charge on any atom is 0.325 e. The molecule has 4 amide bonds. The van der Waals surface area contributed by atoms with Crippen LogP contribution in [0.1, 0.15) is 31.2 Å². The minimum absolute atomic E-state index is 0.137. The van der Waals surface area contributed by atoms with Crippen LogP contribution in [0, 0.1) is 0 Å². The van der Waals surface area contributed by atoms with Crippen molar-refractivity contribution >= 4 is 17.8 Å². The van der Waals surface area contributed by atoms with Gasteiger partial charge in [-0.3, -0.25) is 14.5 Å². The summed E-state index contributed by atoms with van der Waals surface area (Å²) in [6, 6.07) is 8.86. The molecule has 2 fully saturated rings. The summed E-state index contributed by atoms with van der Waals surface area (Å²) < 4.78 is 0. The first-order valence-corrected chi connectivity index (χ1v) is 8.59. The van der Waals surface area contributed by atoms with E-state index in [2.05, 4.69) is 5.32 Å². The van der Waals surface area contributed by atoms with Crippen molar-refractivity contribution in [3.63, 3.8) is 0 Å². The minimum atomic E-state index is -0.535. The summed E-state index contributed by atoms with van der Waals surface area (Å²) in [5.41, 5.74) is 1.13. The zero-order valence-corrected chi connectivity index (χ0v) is 13.7. The van der Waals surface area contributed by atoms with E-state index in [-0.39, 0.29) is 18.4 Å². The van der Waals surface area contributed by atoms with E-state index < -0.39 is 12.1 Å². The van der Waals surface area contributed by atoms with Crippen molar-refractivity contribution in [2.75, 3.05) is 19.6 Å². The van der Waals surface area contributed by atoms with Crippen molar-refractivity contribution in [3.8, 4) is 0 Å². The van der Waals surface area contributed by atoms with Crippen molar-refractivity contribution in [1.82, 2.24) is 15.1 Å². The Bertz CT molecular complexity index is 611. The Morgan fingerprint density at radius 3 is 2.50 bits per heavy atom. The summed E-state index contributed by atoms with van der Waals surface area (Å²) >= 11 is 0. The zero-order valence-electron chi connectivity index (χ0n) is 13.7. The number of imide groups is 1. The maximum absolute atomic E-state index is 12.4. The highest BCUT2D eigenvalue weighted by molar-refractivity contribution is 6.06. The summed E-state index contributed by atoms with van der Waals surface area (Å²) in [4.78, 5) is 39.6. The Kier molecular flexibility index (Phi) is 5.13. The van der Waals surface area contributed by atoms with Gasteiger partial charge in [-0.2, -0.15) is 0 Å². The first kappa shape index (κ1) is 16.5. The summed E-state index contributed by atoms with van der Waals surface area (Å²) in [6.07, 6.45) is 4.38. The number of likely N-dealkylation sites (tertiary alicyclic amines) is 1. The van der Waals surface area contributed by atoms with E-state index in [0.29, 0.717) is 12.8 Å². The van der Waals surface area contributed by atoms with E-state index in [9.17, 15) is 14.4 Å². The number of carbonyl (C=O) groups excluding carboxylic acids is 3. The molecule has 0 aromatic heterocycles. The van der Waals surface area contributed by atoms with Crippen LogP contribution in [-0.4, -0.2) is 53.3 Å². The third kappa shape index (κ3) is 3.75. The summed E-state index contributed by atoms with van der Waals surface area (Å²) in [6.45, 7) is 1.30. The number of carbonyl (C=O) groups is 3. The average Bonchev–Trinajstić information content (AvgIpc) is 2.89. The molecule has 0 bridgehead atoms. The van der Waals surface area contributed by atoms with E-state index in [0.717, 1.165) is 42.8 Å². The quantitative estimate of drug-likeness (QED) is 0.833. The van der Waals surface area contributed by atoms with Crippen molar-refractivity contribution in [2.24, 2.45) is 0 Å². The highest BCUT2D eigenvalue weighted by atomic mass is 16.2. The molecule has 0 saturated carbocycles. The predicted octanol–water partition coefficient (Wildman–Crippen LogP) is 1.55. The Morgan fingerprint density at radius 1 is 1.08 bits per heavy atom. The van der Waals surface area contributed by atoms with Gasteiger partial charge < -0.3 is 10.2 Å². The van der Waals surface area contributed by atoms with Gasteiger partial charge in [-0.05, 0) is 37.7 Å². The Hall–Kier alpha value is -2.37. The van der Waals surface area contributed by atoms with Gasteiger partial charge in [0, 0.05) is 13.1 Å². The van der Waals surface area contributed by atoms with Crippen LogP contribution in [0.15, 0.2) is 30.3 Å². The second-order valence-electron chi connectivity index (χ2n) is 6.39. The molecule has 1 unspecified atom stereocenters. The van der Waals surface area contributed by atoms with E-state index in [1.54, 1.807) is 4.90 Å². The number of urea groups is 1. The molecule has 2 saturated heterocycles. The topological polar surface area (TPSA) is 69.7 Å². The number of piperidine rings is 1. The fourth-order valence-electron chi connectivity index (χ4n) is 3.26. The molecule has 24 heavy (non-hydrogen) atoms. The molecule has 1 aromatic carbocycles. The Morgan fingerprint density at radius 2 is 1.79 bits per heavy atom. The summed E-state index contributed by atoms with van der Waals surface area (Å²) in [5, 5.41) is 2.70. The second kappa shape index (κ2) is 7.47. The van der Waals surface area contributed by atoms with Crippen LogP contribution in [0.5, 0.6) is 0 Å². The fraction of sp³-hybridized carbons (Fsp3) is 0.500. The normalized spacial score (nSPS) is 21.1. The SMILES string of the molecule is O=C(CN1C(=O)NC(CCc2ccccc2)C1=O)N1CCCCC1. The van der Waals surface area contributed by atoms with Gasteiger partial charge in [0.05, 0.1) is 0 Å². The summed E-state index contributed by atoms with van der Waals surface area (Å²) in [5.74, 6) is -0.428. The Labute approximate surface area is 141 Å². The van der Waals surface area contributed by atoms with Crippen LogP contribution in [0.25, 0.3) is 0 Å². The van der Waals surface area contributed by atoms with Gasteiger partial charge in [0.2, 0.25) is 5.91 Å². The lowest BCUT2D eigenvalue weighted by Crippen LogP contribution is -2.45. The van der Waals surface area contributed by atoms with Crippen LogP contribution in [0.3, 0.4) is 0 Å². The number of hydrogen-bond donors (Lipinski definition) is 1. The molecule has 0 spiro atoms. The molecule has 2 heterocycles. The molecule has 6 nitrogen and oxygen atoms in total. The number of rotatable bonds is 5. The van der Waals surface area contributed by atoms with Crippen molar-refractivity contribution in [1.29, 1.82) is 0 Å². The Balaban J connectivity index is 1.54. The molecular formula is C18H23N3O3. The molecule has 1 aromatic rings. The highest BCUT2D eigenvalue weighted by Crippen LogP contribution is 2.15. The van der Waals surface area contributed by atoms with Gasteiger partial charge in [-0.25, -0.2) is 4.79 Å². The van der Waals surface area contributed by atoms with Crippen molar-refractivity contribution in [3.05, 3.63) is 35.9 Å². The number of aryl methyl sites for hydroxylation is 1. The molecular weight excluding hydrogens is 306 g/mol. The van der Waals surface area contributed by atoms with Gasteiger partial charge in [0.25, 0.3) is 5.91 Å². The number of amides is 4. The fourth-order valence-corrected chi connectivity index (χ4v) is 3.26. The molecule has 0 aliphatic carbocycles. The molecule has 1 atom stereocenters. The molecule has 3 rings (SSSR count). The number of hydrogen-bond acceptors (Lipinski definition) is 3. The second-order valence-corrected chi connectivity index (χ2v) is 6.39.